The number of rotatable bonds is 5. The topological polar surface area (TPSA) is 42.0 Å². The summed E-state index contributed by atoms with van der Waals surface area (Å²) in [5.74, 6) is -0.214. The Balaban J connectivity index is 2.50. The molecule has 3 nitrogen and oxygen atoms in total. The van der Waals surface area contributed by atoms with Gasteiger partial charge < -0.3 is 5.32 Å². The lowest BCUT2D eigenvalue weighted by molar-refractivity contribution is 0.0953. The van der Waals surface area contributed by atoms with Gasteiger partial charge in [-0.15, -0.1) is 11.6 Å². The standard InChI is InChI=1S/C11H14Cl2N2O/c1-2-3-8(12)6-15-11(16)9-4-5-14-7-10(9)13/h4-5,7-8H,2-3,6H2,1H3,(H,15,16). The molecule has 1 N–H and O–H groups in total. The van der Waals surface area contributed by atoms with Crippen molar-refractivity contribution in [3.8, 4) is 0 Å². The van der Waals surface area contributed by atoms with E-state index in [2.05, 4.69) is 17.2 Å². The fourth-order valence-electron chi connectivity index (χ4n) is 1.27. The van der Waals surface area contributed by atoms with Crippen LogP contribution < -0.4 is 5.32 Å². The molecule has 0 radical (unpaired) electrons. The van der Waals surface area contributed by atoms with E-state index in [1.54, 1.807) is 6.07 Å². The molecule has 0 aliphatic carbocycles. The molecule has 0 bridgehead atoms. The number of nitrogens with zero attached hydrogens (tertiary/aromatic N) is 1. The molecule has 0 aliphatic rings. The van der Waals surface area contributed by atoms with Crippen molar-refractivity contribution in [2.24, 2.45) is 0 Å². The number of hydrogen-bond acceptors (Lipinski definition) is 2. The van der Waals surface area contributed by atoms with Gasteiger partial charge in [0.25, 0.3) is 5.91 Å². The predicted molar refractivity (Wildman–Crippen MR) is 66.1 cm³/mol. The number of carbonyl (C=O) groups is 1. The molecule has 1 unspecified atom stereocenters. The third-order valence-corrected chi connectivity index (χ3v) is 2.78. The number of hydrogen-bond donors (Lipinski definition) is 1. The minimum absolute atomic E-state index is 0.0328. The van der Waals surface area contributed by atoms with Crippen molar-refractivity contribution in [2.45, 2.75) is 25.1 Å². The second-order valence-corrected chi connectivity index (χ2v) is 4.48. The summed E-state index contributed by atoms with van der Waals surface area (Å²) in [6.45, 7) is 2.50. The van der Waals surface area contributed by atoms with Gasteiger partial charge in [-0.2, -0.15) is 0 Å². The van der Waals surface area contributed by atoms with Crippen molar-refractivity contribution in [1.82, 2.24) is 10.3 Å². The first-order chi connectivity index (χ1) is 7.65. The van der Waals surface area contributed by atoms with Crippen LogP contribution in [-0.2, 0) is 0 Å². The zero-order valence-electron chi connectivity index (χ0n) is 9.04. The van der Waals surface area contributed by atoms with Gasteiger partial charge in [0.2, 0.25) is 0 Å². The van der Waals surface area contributed by atoms with E-state index in [-0.39, 0.29) is 11.3 Å². The van der Waals surface area contributed by atoms with E-state index in [9.17, 15) is 4.79 Å². The molecule has 0 spiro atoms. The van der Waals surface area contributed by atoms with E-state index in [1.807, 2.05) is 0 Å². The largest absolute Gasteiger partial charge is 0.351 e. The van der Waals surface area contributed by atoms with Crippen LogP contribution in [0.4, 0.5) is 0 Å². The lowest BCUT2D eigenvalue weighted by Gasteiger charge is -2.10. The number of aromatic nitrogens is 1. The Morgan fingerprint density at radius 1 is 1.62 bits per heavy atom. The Morgan fingerprint density at radius 2 is 2.38 bits per heavy atom. The second-order valence-electron chi connectivity index (χ2n) is 3.45. The van der Waals surface area contributed by atoms with Gasteiger partial charge in [-0.25, -0.2) is 0 Å². The fraction of sp³-hybridized carbons (Fsp3) is 0.455. The van der Waals surface area contributed by atoms with Gasteiger partial charge in [0.15, 0.2) is 0 Å². The first-order valence-corrected chi connectivity index (χ1v) is 5.98. The average molecular weight is 261 g/mol. The van der Waals surface area contributed by atoms with Crippen LogP contribution >= 0.6 is 23.2 Å². The molecule has 5 heteroatoms. The number of pyridine rings is 1. The molecule has 88 valence electrons. The molecule has 1 aromatic heterocycles. The first-order valence-electron chi connectivity index (χ1n) is 5.17. The summed E-state index contributed by atoms with van der Waals surface area (Å²) >= 11 is 11.8. The molecule has 0 saturated heterocycles. The summed E-state index contributed by atoms with van der Waals surface area (Å²) in [6, 6.07) is 1.58. The van der Waals surface area contributed by atoms with Gasteiger partial charge >= 0.3 is 0 Å². The highest BCUT2D eigenvalue weighted by Crippen LogP contribution is 2.13. The normalized spacial score (nSPS) is 12.2. The van der Waals surface area contributed by atoms with Crippen molar-refractivity contribution in [2.75, 3.05) is 6.54 Å². The maximum atomic E-state index is 11.7. The number of nitrogens with one attached hydrogen (secondary N) is 1. The number of carbonyl (C=O) groups excluding carboxylic acids is 1. The lowest BCUT2D eigenvalue weighted by Crippen LogP contribution is -2.29. The van der Waals surface area contributed by atoms with E-state index in [0.29, 0.717) is 17.1 Å². The molecule has 0 fully saturated rings. The Morgan fingerprint density at radius 3 is 3.00 bits per heavy atom. The van der Waals surface area contributed by atoms with E-state index in [4.69, 9.17) is 23.2 Å². The van der Waals surface area contributed by atoms with Crippen LogP contribution in [-0.4, -0.2) is 22.8 Å². The second kappa shape index (κ2) is 6.71. The SMILES string of the molecule is CCCC(Cl)CNC(=O)c1ccncc1Cl. The molecule has 1 rings (SSSR count). The Bertz CT molecular complexity index is 358. The van der Waals surface area contributed by atoms with E-state index >= 15 is 0 Å². The van der Waals surface area contributed by atoms with Crippen LogP contribution in [0.15, 0.2) is 18.5 Å². The van der Waals surface area contributed by atoms with Crippen LogP contribution in [0, 0.1) is 0 Å². The Labute approximate surface area is 105 Å². The van der Waals surface area contributed by atoms with Crippen LogP contribution in [0.2, 0.25) is 5.02 Å². The van der Waals surface area contributed by atoms with E-state index in [1.165, 1.54) is 12.4 Å². The molecule has 1 aromatic rings. The Hall–Kier alpha value is -0.800. The summed E-state index contributed by atoms with van der Waals surface area (Å²) in [4.78, 5) is 15.5. The van der Waals surface area contributed by atoms with Crippen molar-refractivity contribution in [3.05, 3.63) is 29.0 Å². The molecular formula is C11H14Cl2N2O. The van der Waals surface area contributed by atoms with Crippen molar-refractivity contribution in [1.29, 1.82) is 0 Å². The molecule has 0 aromatic carbocycles. The summed E-state index contributed by atoms with van der Waals surface area (Å²) < 4.78 is 0. The van der Waals surface area contributed by atoms with Crippen LogP contribution in [0.3, 0.4) is 0 Å². The van der Waals surface area contributed by atoms with E-state index < -0.39 is 0 Å². The minimum Gasteiger partial charge on any atom is -0.351 e. The molecular weight excluding hydrogens is 247 g/mol. The summed E-state index contributed by atoms with van der Waals surface area (Å²) in [5, 5.41) is 3.06. The predicted octanol–water partition coefficient (Wildman–Crippen LogP) is 2.87. The van der Waals surface area contributed by atoms with Gasteiger partial charge in [-0.3, -0.25) is 9.78 Å². The number of amides is 1. The summed E-state index contributed by atoms with van der Waals surface area (Å²) in [5.41, 5.74) is 0.428. The third-order valence-electron chi connectivity index (χ3n) is 2.10. The molecule has 1 heterocycles. The Kier molecular flexibility index (Phi) is 5.56. The third kappa shape index (κ3) is 3.99. The van der Waals surface area contributed by atoms with Gasteiger partial charge in [-0.05, 0) is 12.5 Å². The maximum Gasteiger partial charge on any atom is 0.252 e. The number of halogens is 2. The zero-order chi connectivity index (χ0) is 12.0. The first kappa shape index (κ1) is 13.3. The average Bonchev–Trinajstić information content (AvgIpc) is 2.27. The summed E-state index contributed by atoms with van der Waals surface area (Å²) in [7, 11) is 0. The fourth-order valence-corrected chi connectivity index (χ4v) is 1.77. The van der Waals surface area contributed by atoms with Gasteiger partial charge in [-0.1, -0.05) is 24.9 Å². The van der Waals surface area contributed by atoms with Gasteiger partial charge in [0.05, 0.1) is 16.0 Å². The highest BCUT2D eigenvalue weighted by Gasteiger charge is 2.11. The van der Waals surface area contributed by atoms with Crippen molar-refractivity contribution in [3.63, 3.8) is 0 Å². The smallest absolute Gasteiger partial charge is 0.252 e. The van der Waals surface area contributed by atoms with Gasteiger partial charge in [0, 0.05) is 18.9 Å². The summed E-state index contributed by atoms with van der Waals surface area (Å²) in [6.07, 6.45) is 4.86. The van der Waals surface area contributed by atoms with Crippen LogP contribution in [0.25, 0.3) is 0 Å². The quantitative estimate of drug-likeness (QED) is 0.828. The van der Waals surface area contributed by atoms with E-state index in [0.717, 1.165) is 12.8 Å². The number of alkyl halides is 1. The lowest BCUT2D eigenvalue weighted by atomic mass is 10.2. The highest BCUT2D eigenvalue weighted by atomic mass is 35.5. The minimum atomic E-state index is -0.214. The van der Waals surface area contributed by atoms with Crippen molar-refractivity contribution >= 4 is 29.1 Å². The van der Waals surface area contributed by atoms with Gasteiger partial charge in [0.1, 0.15) is 0 Å². The maximum absolute atomic E-state index is 11.7. The molecule has 1 amide bonds. The molecule has 0 saturated carbocycles. The molecule has 0 aliphatic heterocycles. The van der Waals surface area contributed by atoms with Crippen molar-refractivity contribution < 1.29 is 4.79 Å². The zero-order valence-corrected chi connectivity index (χ0v) is 10.6. The van der Waals surface area contributed by atoms with Crippen LogP contribution in [0.5, 0.6) is 0 Å². The highest BCUT2D eigenvalue weighted by molar-refractivity contribution is 6.33. The van der Waals surface area contributed by atoms with Crippen LogP contribution in [0.1, 0.15) is 30.1 Å². The molecule has 1 atom stereocenters. The monoisotopic (exact) mass is 260 g/mol. The molecule has 16 heavy (non-hydrogen) atoms.